The molecule has 0 atom stereocenters. The van der Waals surface area contributed by atoms with Gasteiger partial charge in [-0.05, 0) is 68.7 Å². The lowest BCUT2D eigenvalue weighted by atomic mass is 9.91. The summed E-state index contributed by atoms with van der Waals surface area (Å²) in [5.41, 5.74) is 7.61. The Labute approximate surface area is 144 Å². The zero-order valence-electron chi connectivity index (χ0n) is 14.1. The normalized spacial score (nSPS) is 18.9. The molecule has 0 unspecified atom stereocenters. The Balaban J connectivity index is 1.85. The second-order valence-electron chi connectivity index (χ2n) is 7.26. The molecular formula is C21H26ClN. The van der Waals surface area contributed by atoms with Gasteiger partial charge in [-0.25, -0.2) is 0 Å². The van der Waals surface area contributed by atoms with E-state index in [4.69, 9.17) is 11.6 Å². The molecule has 0 aliphatic heterocycles. The standard InChI is InChI=1S/C21H26ClN/c1-15-21(16-11-13-17(22)14-12-16)19-9-5-6-10-20(19)23(15)18-7-3-2-4-8-18/h11-14,18H,2-10H2,1H3. The van der Waals surface area contributed by atoms with Crippen molar-refractivity contribution < 1.29 is 0 Å². The summed E-state index contributed by atoms with van der Waals surface area (Å²) >= 11 is 6.10. The van der Waals surface area contributed by atoms with E-state index in [0.717, 1.165) is 11.1 Å². The van der Waals surface area contributed by atoms with Crippen molar-refractivity contribution in [2.24, 2.45) is 0 Å². The van der Waals surface area contributed by atoms with Gasteiger partial charge in [0.25, 0.3) is 0 Å². The molecule has 0 amide bonds. The van der Waals surface area contributed by atoms with Gasteiger partial charge in [0, 0.05) is 28.0 Å². The minimum Gasteiger partial charge on any atom is -0.345 e. The minimum absolute atomic E-state index is 0.733. The smallest absolute Gasteiger partial charge is 0.0406 e. The summed E-state index contributed by atoms with van der Waals surface area (Å²) in [4.78, 5) is 0. The summed E-state index contributed by atoms with van der Waals surface area (Å²) < 4.78 is 2.73. The van der Waals surface area contributed by atoms with Crippen LogP contribution in [0.25, 0.3) is 11.1 Å². The SMILES string of the molecule is Cc1c(-c2ccc(Cl)cc2)c2c(n1C1CCCCC1)CCCC2. The van der Waals surface area contributed by atoms with Crippen LogP contribution in [0.1, 0.15) is 67.9 Å². The van der Waals surface area contributed by atoms with Crippen molar-refractivity contribution >= 4 is 11.6 Å². The third-order valence-electron chi connectivity index (χ3n) is 5.83. The van der Waals surface area contributed by atoms with Gasteiger partial charge in [-0.1, -0.05) is 43.0 Å². The second kappa shape index (κ2) is 6.36. The molecule has 2 aliphatic rings. The van der Waals surface area contributed by atoms with E-state index in [0.29, 0.717) is 0 Å². The van der Waals surface area contributed by atoms with E-state index >= 15 is 0 Å². The maximum absolute atomic E-state index is 6.10. The Bertz CT molecular complexity index is 690. The quantitative estimate of drug-likeness (QED) is 0.593. The molecule has 23 heavy (non-hydrogen) atoms. The molecule has 0 radical (unpaired) electrons. The van der Waals surface area contributed by atoms with Crippen LogP contribution in [0.4, 0.5) is 0 Å². The average Bonchev–Trinajstić information content (AvgIpc) is 2.88. The fourth-order valence-electron chi connectivity index (χ4n) is 4.80. The predicted molar refractivity (Wildman–Crippen MR) is 98.4 cm³/mol. The topological polar surface area (TPSA) is 4.93 Å². The third kappa shape index (κ3) is 2.74. The Morgan fingerprint density at radius 2 is 1.61 bits per heavy atom. The van der Waals surface area contributed by atoms with E-state index in [2.05, 4.69) is 23.6 Å². The summed E-state index contributed by atoms with van der Waals surface area (Å²) in [5.74, 6) is 0. The Hall–Kier alpha value is -1.21. The van der Waals surface area contributed by atoms with Crippen molar-refractivity contribution in [3.63, 3.8) is 0 Å². The van der Waals surface area contributed by atoms with Gasteiger partial charge >= 0.3 is 0 Å². The first-order valence-corrected chi connectivity index (χ1v) is 9.62. The van der Waals surface area contributed by atoms with E-state index < -0.39 is 0 Å². The molecule has 1 saturated carbocycles. The number of benzene rings is 1. The highest BCUT2D eigenvalue weighted by Crippen LogP contribution is 2.41. The lowest BCUT2D eigenvalue weighted by Gasteiger charge is -2.28. The molecule has 1 aromatic carbocycles. The first-order valence-electron chi connectivity index (χ1n) is 9.24. The fourth-order valence-corrected chi connectivity index (χ4v) is 4.92. The average molecular weight is 328 g/mol. The Kier molecular flexibility index (Phi) is 4.24. The molecule has 1 fully saturated rings. The van der Waals surface area contributed by atoms with E-state index in [1.165, 1.54) is 74.6 Å². The zero-order valence-corrected chi connectivity index (χ0v) is 14.8. The van der Waals surface area contributed by atoms with Crippen molar-refractivity contribution in [3.05, 3.63) is 46.2 Å². The van der Waals surface area contributed by atoms with Gasteiger partial charge in [-0.3, -0.25) is 0 Å². The number of hydrogen-bond acceptors (Lipinski definition) is 0. The summed E-state index contributed by atoms with van der Waals surface area (Å²) in [5, 5.41) is 0.826. The van der Waals surface area contributed by atoms with Gasteiger partial charge in [0.1, 0.15) is 0 Å². The van der Waals surface area contributed by atoms with Crippen molar-refractivity contribution in [2.75, 3.05) is 0 Å². The third-order valence-corrected chi connectivity index (χ3v) is 6.08. The first-order chi connectivity index (χ1) is 11.3. The van der Waals surface area contributed by atoms with Crippen LogP contribution in [-0.2, 0) is 12.8 Å². The fraction of sp³-hybridized carbons (Fsp3) is 0.524. The van der Waals surface area contributed by atoms with Crippen LogP contribution in [0.3, 0.4) is 0 Å². The van der Waals surface area contributed by atoms with Gasteiger partial charge in [0.2, 0.25) is 0 Å². The highest BCUT2D eigenvalue weighted by molar-refractivity contribution is 6.30. The van der Waals surface area contributed by atoms with Crippen molar-refractivity contribution in [3.8, 4) is 11.1 Å². The number of hydrogen-bond donors (Lipinski definition) is 0. The molecule has 0 spiro atoms. The summed E-state index contributed by atoms with van der Waals surface area (Å²) in [7, 11) is 0. The van der Waals surface area contributed by atoms with E-state index in [1.807, 2.05) is 12.1 Å². The molecule has 0 bridgehead atoms. The Morgan fingerprint density at radius 1 is 0.913 bits per heavy atom. The van der Waals surface area contributed by atoms with Gasteiger partial charge in [-0.2, -0.15) is 0 Å². The monoisotopic (exact) mass is 327 g/mol. The predicted octanol–water partition coefficient (Wildman–Crippen LogP) is 6.50. The number of fused-ring (bicyclic) bond motifs is 1. The van der Waals surface area contributed by atoms with Crippen LogP contribution in [0.5, 0.6) is 0 Å². The number of halogens is 1. The molecule has 2 aromatic rings. The van der Waals surface area contributed by atoms with Gasteiger partial charge in [-0.15, -0.1) is 0 Å². The molecular weight excluding hydrogens is 302 g/mol. The van der Waals surface area contributed by atoms with E-state index in [1.54, 1.807) is 11.3 Å². The van der Waals surface area contributed by atoms with Crippen molar-refractivity contribution in [1.82, 2.24) is 4.57 Å². The number of nitrogens with zero attached hydrogens (tertiary/aromatic N) is 1. The molecule has 0 N–H and O–H groups in total. The van der Waals surface area contributed by atoms with Gasteiger partial charge in [0.15, 0.2) is 0 Å². The molecule has 4 rings (SSSR count). The molecule has 1 nitrogen and oxygen atoms in total. The zero-order chi connectivity index (χ0) is 15.8. The molecule has 2 heteroatoms. The largest absolute Gasteiger partial charge is 0.345 e. The highest BCUT2D eigenvalue weighted by atomic mass is 35.5. The van der Waals surface area contributed by atoms with Crippen molar-refractivity contribution in [2.45, 2.75) is 70.8 Å². The van der Waals surface area contributed by atoms with Crippen LogP contribution in [-0.4, -0.2) is 4.57 Å². The van der Waals surface area contributed by atoms with Crippen LogP contribution >= 0.6 is 11.6 Å². The van der Waals surface area contributed by atoms with Crippen LogP contribution < -0.4 is 0 Å². The first kappa shape index (κ1) is 15.3. The lowest BCUT2D eigenvalue weighted by Crippen LogP contribution is -2.18. The van der Waals surface area contributed by atoms with Gasteiger partial charge in [0.05, 0.1) is 0 Å². The van der Waals surface area contributed by atoms with E-state index in [9.17, 15) is 0 Å². The van der Waals surface area contributed by atoms with Gasteiger partial charge < -0.3 is 4.57 Å². The maximum Gasteiger partial charge on any atom is 0.0406 e. The van der Waals surface area contributed by atoms with Crippen LogP contribution in [0.2, 0.25) is 5.02 Å². The minimum atomic E-state index is 0.733. The maximum atomic E-state index is 6.10. The van der Waals surface area contributed by atoms with Crippen molar-refractivity contribution in [1.29, 1.82) is 0 Å². The Morgan fingerprint density at radius 3 is 2.35 bits per heavy atom. The van der Waals surface area contributed by atoms with E-state index in [-0.39, 0.29) is 0 Å². The summed E-state index contributed by atoms with van der Waals surface area (Å²) in [6.07, 6.45) is 12.1. The summed E-state index contributed by atoms with van der Waals surface area (Å²) in [6, 6.07) is 9.19. The van der Waals surface area contributed by atoms with Crippen LogP contribution in [0, 0.1) is 6.92 Å². The molecule has 1 aromatic heterocycles. The lowest BCUT2D eigenvalue weighted by molar-refractivity contribution is 0.341. The molecule has 1 heterocycles. The number of rotatable bonds is 2. The number of aromatic nitrogens is 1. The molecule has 122 valence electrons. The summed E-state index contributed by atoms with van der Waals surface area (Å²) in [6.45, 7) is 2.34. The molecule has 2 aliphatic carbocycles. The highest BCUT2D eigenvalue weighted by Gasteiger charge is 2.27. The second-order valence-corrected chi connectivity index (χ2v) is 7.70. The van der Waals surface area contributed by atoms with Crippen LogP contribution in [0.15, 0.2) is 24.3 Å². The molecule has 0 saturated heterocycles.